The molecular weight excluding hydrogens is 372 g/mol. The lowest BCUT2D eigenvalue weighted by Crippen LogP contribution is -3.00. The molecule has 156 valence electrons. The molecule has 0 aliphatic carbocycles. The first-order valence-corrected chi connectivity index (χ1v) is 10.1. The second-order valence-corrected chi connectivity index (χ2v) is 9.06. The summed E-state index contributed by atoms with van der Waals surface area (Å²) in [5.41, 5.74) is 1.28. The van der Waals surface area contributed by atoms with E-state index in [1.54, 1.807) is 0 Å². The van der Waals surface area contributed by atoms with Gasteiger partial charge in [0, 0.05) is 32.7 Å². The monoisotopic (exact) mass is 405 g/mol. The molecule has 0 amide bonds. The van der Waals surface area contributed by atoms with E-state index in [0.29, 0.717) is 5.92 Å². The summed E-state index contributed by atoms with van der Waals surface area (Å²) in [5, 5.41) is 12.8. The van der Waals surface area contributed by atoms with Gasteiger partial charge in [-0.05, 0) is 49.1 Å². The van der Waals surface area contributed by atoms with Crippen molar-refractivity contribution in [1.82, 2.24) is 30.0 Å². The van der Waals surface area contributed by atoms with E-state index < -0.39 is 0 Å². The van der Waals surface area contributed by atoms with Gasteiger partial charge < -0.3 is 12.4 Å². The van der Waals surface area contributed by atoms with Gasteiger partial charge in [-0.15, -0.1) is 5.10 Å². The van der Waals surface area contributed by atoms with Crippen LogP contribution in [0, 0.1) is 5.92 Å². The highest BCUT2D eigenvalue weighted by molar-refractivity contribution is 5.14. The van der Waals surface area contributed by atoms with Crippen molar-refractivity contribution >= 4 is 0 Å². The Morgan fingerprint density at radius 1 is 1.00 bits per heavy atom. The molecule has 0 bridgehead atoms. The van der Waals surface area contributed by atoms with Crippen molar-refractivity contribution in [2.45, 2.75) is 59.2 Å². The molecule has 0 spiro atoms. The Morgan fingerprint density at radius 2 is 1.64 bits per heavy atom. The quantitative estimate of drug-likeness (QED) is 0.693. The van der Waals surface area contributed by atoms with Crippen LogP contribution in [-0.4, -0.2) is 56.2 Å². The molecule has 2 aromatic rings. The third kappa shape index (κ3) is 5.75. The smallest absolute Gasteiger partial charge is 0.168 e. The zero-order valence-corrected chi connectivity index (χ0v) is 18.6. The molecule has 1 atom stereocenters. The number of tetrazole rings is 1. The van der Waals surface area contributed by atoms with E-state index in [0.717, 1.165) is 45.0 Å². The summed E-state index contributed by atoms with van der Waals surface area (Å²) in [6.07, 6.45) is 1.08. The third-order valence-electron chi connectivity index (χ3n) is 5.22. The average molecular weight is 406 g/mol. The lowest BCUT2D eigenvalue weighted by atomic mass is 9.99. The molecule has 1 fully saturated rings. The molecule has 1 aliphatic heterocycles. The van der Waals surface area contributed by atoms with Crippen LogP contribution in [-0.2, 0) is 12.1 Å². The third-order valence-corrected chi connectivity index (χ3v) is 5.22. The van der Waals surface area contributed by atoms with Gasteiger partial charge in [0.05, 0.1) is 11.6 Å². The van der Waals surface area contributed by atoms with Gasteiger partial charge in [-0.1, -0.05) is 44.2 Å². The SMILES string of the molecule is CC(C)CC(c1nnnn1C(C)(C)C)N1CCN(Cc2ccccc2)CC1.[Cl-]. The summed E-state index contributed by atoms with van der Waals surface area (Å²) < 4.78 is 2.01. The number of nitrogens with zero attached hydrogens (tertiary/aromatic N) is 6. The average Bonchev–Trinajstić information content (AvgIpc) is 3.11. The Morgan fingerprint density at radius 3 is 2.21 bits per heavy atom. The molecule has 0 N–H and O–H groups in total. The maximum absolute atomic E-state index is 4.44. The van der Waals surface area contributed by atoms with Gasteiger partial charge in [0.1, 0.15) is 0 Å². The molecule has 1 unspecified atom stereocenters. The number of benzene rings is 1. The van der Waals surface area contributed by atoms with Gasteiger partial charge in [0.25, 0.3) is 0 Å². The van der Waals surface area contributed by atoms with Crippen LogP contribution < -0.4 is 12.4 Å². The number of aromatic nitrogens is 4. The van der Waals surface area contributed by atoms with Crippen molar-refractivity contribution in [3.05, 3.63) is 41.7 Å². The van der Waals surface area contributed by atoms with E-state index in [2.05, 4.69) is 90.3 Å². The fourth-order valence-corrected chi connectivity index (χ4v) is 3.82. The molecule has 3 rings (SSSR count). The van der Waals surface area contributed by atoms with Crippen molar-refractivity contribution in [2.24, 2.45) is 5.92 Å². The molecule has 0 radical (unpaired) electrons. The Labute approximate surface area is 175 Å². The Kier molecular flexibility index (Phi) is 7.98. The van der Waals surface area contributed by atoms with Crippen LogP contribution in [0.1, 0.15) is 58.5 Å². The molecular formula is C21H34ClN6-. The largest absolute Gasteiger partial charge is 1.00 e. The predicted octanol–water partition coefficient (Wildman–Crippen LogP) is 0.337. The highest BCUT2D eigenvalue weighted by Gasteiger charge is 2.32. The van der Waals surface area contributed by atoms with Gasteiger partial charge in [-0.25, -0.2) is 4.68 Å². The molecule has 6 nitrogen and oxygen atoms in total. The topological polar surface area (TPSA) is 50.1 Å². The lowest BCUT2D eigenvalue weighted by molar-refractivity contribution is -0.00000676. The number of rotatable bonds is 6. The second kappa shape index (κ2) is 9.81. The molecule has 7 heteroatoms. The normalized spacial score (nSPS) is 17.5. The van der Waals surface area contributed by atoms with Crippen LogP contribution >= 0.6 is 0 Å². The van der Waals surface area contributed by atoms with Gasteiger partial charge in [0.15, 0.2) is 5.82 Å². The second-order valence-electron chi connectivity index (χ2n) is 9.06. The van der Waals surface area contributed by atoms with E-state index in [1.807, 2.05) is 4.68 Å². The first-order chi connectivity index (χ1) is 12.8. The lowest BCUT2D eigenvalue weighted by Gasteiger charge is -2.40. The summed E-state index contributed by atoms with van der Waals surface area (Å²) in [4.78, 5) is 5.13. The first kappa shape index (κ1) is 22.8. The van der Waals surface area contributed by atoms with Crippen LogP contribution in [0.15, 0.2) is 30.3 Å². The van der Waals surface area contributed by atoms with E-state index in [1.165, 1.54) is 5.56 Å². The number of piperazine rings is 1. The zero-order chi connectivity index (χ0) is 19.4. The van der Waals surface area contributed by atoms with Gasteiger partial charge in [-0.2, -0.15) is 0 Å². The predicted molar refractivity (Wildman–Crippen MR) is 108 cm³/mol. The Balaban J connectivity index is 0.00000280. The molecule has 1 aliphatic rings. The molecule has 0 saturated carbocycles. The zero-order valence-electron chi connectivity index (χ0n) is 17.8. The van der Waals surface area contributed by atoms with Crippen molar-refractivity contribution in [1.29, 1.82) is 0 Å². The molecule has 1 aromatic carbocycles. The maximum Gasteiger partial charge on any atom is 0.168 e. The molecule has 2 heterocycles. The van der Waals surface area contributed by atoms with Crippen molar-refractivity contribution in [3.8, 4) is 0 Å². The molecule has 28 heavy (non-hydrogen) atoms. The van der Waals surface area contributed by atoms with Gasteiger partial charge in [0.2, 0.25) is 0 Å². The number of hydrogen-bond donors (Lipinski definition) is 0. The summed E-state index contributed by atoms with van der Waals surface area (Å²) in [7, 11) is 0. The first-order valence-electron chi connectivity index (χ1n) is 10.1. The summed E-state index contributed by atoms with van der Waals surface area (Å²) in [5.74, 6) is 1.61. The van der Waals surface area contributed by atoms with Crippen LogP contribution in [0.2, 0.25) is 0 Å². The van der Waals surface area contributed by atoms with Crippen molar-refractivity contribution < 1.29 is 12.4 Å². The minimum Gasteiger partial charge on any atom is -1.00 e. The van der Waals surface area contributed by atoms with E-state index >= 15 is 0 Å². The minimum atomic E-state index is -0.108. The van der Waals surface area contributed by atoms with Gasteiger partial charge in [-0.3, -0.25) is 9.80 Å². The maximum atomic E-state index is 4.44. The highest BCUT2D eigenvalue weighted by atomic mass is 35.5. The fraction of sp³-hybridized carbons (Fsp3) is 0.667. The van der Waals surface area contributed by atoms with Crippen molar-refractivity contribution in [3.63, 3.8) is 0 Å². The van der Waals surface area contributed by atoms with Crippen LogP contribution in [0.5, 0.6) is 0 Å². The Bertz CT molecular complexity index is 701. The number of halogens is 1. The van der Waals surface area contributed by atoms with E-state index in [4.69, 9.17) is 0 Å². The minimum absolute atomic E-state index is 0. The summed E-state index contributed by atoms with van der Waals surface area (Å²) in [6, 6.07) is 11.0. The summed E-state index contributed by atoms with van der Waals surface area (Å²) in [6.45, 7) is 16.4. The highest BCUT2D eigenvalue weighted by Crippen LogP contribution is 2.29. The van der Waals surface area contributed by atoms with Crippen LogP contribution in [0.4, 0.5) is 0 Å². The van der Waals surface area contributed by atoms with Crippen molar-refractivity contribution in [2.75, 3.05) is 26.2 Å². The fourth-order valence-electron chi connectivity index (χ4n) is 3.82. The summed E-state index contributed by atoms with van der Waals surface area (Å²) >= 11 is 0. The Hall–Kier alpha value is -1.50. The van der Waals surface area contributed by atoms with E-state index in [9.17, 15) is 0 Å². The number of hydrogen-bond acceptors (Lipinski definition) is 5. The standard InChI is InChI=1S/C21H34N6.ClH/c1-17(2)15-19(20-22-23-24-27(20)21(3,4)5)26-13-11-25(12-14-26)16-18-9-7-6-8-10-18;/h6-10,17,19H,11-16H2,1-5H3;1H/p-1. The van der Waals surface area contributed by atoms with E-state index in [-0.39, 0.29) is 24.0 Å². The molecule has 1 saturated heterocycles. The van der Waals surface area contributed by atoms with Crippen LogP contribution in [0.25, 0.3) is 0 Å². The molecule has 1 aromatic heterocycles. The van der Waals surface area contributed by atoms with Gasteiger partial charge >= 0.3 is 0 Å². The van der Waals surface area contributed by atoms with Crippen LogP contribution in [0.3, 0.4) is 0 Å².